The first kappa shape index (κ1) is 12.0. The Balaban J connectivity index is 2.06. The van der Waals surface area contributed by atoms with Crippen LogP contribution in [0.2, 0.25) is 0 Å². The quantitative estimate of drug-likeness (QED) is 0.631. The number of esters is 1. The number of aliphatic hydroxyl groups excluding tert-OH is 1. The Morgan fingerprint density at radius 2 is 2.07 bits per heavy atom. The number of carbonyl (C=O) groups excluding carboxylic acids is 2. The lowest BCUT2D eigenvalue weighted by Crippen LogP contribution is -2.46. The van der Waals surface area contributed by atoms with Gasteiger partial charge in [0, 0.05) is 12.5 Å². The van der Waals surface area contributed by atoms with Gasteiger partial charge < -0.3 is 15.2 Å². The molecule has 1 aliphatic rings. The molecule has 0 aromatic rings. The van der Waals surface area contributed by atoms with Gasteiger partial charge in [-0.15, -0.1) is 0 Å². The van der Waals surface area contributed by atoms with Crippen molar-refractivity contribution in [3.8, 4) is 0 Å². The average molecular weight is 215 g/mol. The minimum atomic E-state index is -0.346. The molecule has 1 rings (SSSR count). The summed E-state index contributed by atoms with van der Waals surface area (Å²) in [6.45, 7) is 2.07. The summed E-state index contributed by atoms with van der Waals surface area (Å²) in [6, 6.07) is 0.0784. The molecule has 0 aromatic carbocycles. The van der Waals surface area contributed by atoms with Crippen LogP contribution in [0.3, 0.4) is 0 Å². The number of nitrogens with one attached hydrogen (secondary N) is 1. The van der Waals surface area contributed by atoms with E-state index < -0.39 is 0 Å². The Labute approximate surface area is 88.8 Å². The first-order valence-corrected chi connectivity index (χ1v) is 5.25. The van der Waals surface area contributed by atoms with Gasteiger partial charge in [0.1, 0.15) is 0 Å². The zero-order chi connectivity index (χ0) is 11.3. The van der Waals surface area contributed by atoms with E-state index in [4.69, 9.17) is 9.84 Å². The maximum atomic E-state index is 11.3. The summed E-state index contributed by atoms with van der Waals surface area (Å²) in [7, 11) is 0. The van der Waals surface area contributed by atoms with Gasteiger partial charge in [0.15, 0.2) is 0 Å². The maximum Gasteiger partial charge on any atom is 0.306 e. The third kappa shape index (κ3) is 4.29. The van der Waals surface area contributed by atoms with Crippen molar-refractivity contribution in [2.45, 2.75) is 44.8 Å². The maximum absolute atomic E-state index is 11.3. The van der Waals surface area contributed by atoms with Crippen molar-refractivity contribution in [2.24, 2.45) is 0 Å². The topological polar surface area (TPSA) is 75.6 Å². The van der Waals surface area contributed by atoms with E-state index in [1.54, 1.807) is 6.92 Å². The van der Waals surface area contributed by atoms with Gasteiger partial charge in [-0.1, -0.05) is 0 Å². The van der Waals surface area contributed by atoms with Gasteiger partial charge in [-0.2, -0.15) is 0 Å². The predicted molar refractivity (Wildman–Crippen MR) is 53.0 cm³/mol. The molecule has 0 heterocycles. The van der Waals surface area contributed by atoms with Crippen LogP contribution in [-0.2, 0) is 14.3 Å². The molecule has 2 N–H and O–H groups in total. The molecular weight excluding hydrogens is 198 g/mol. The molecule has 0 unspecified atom stereocenters. The second-order valence-corrected chi connectivity index (χ2v) is 3.69. The Morgan fingerprint density at radius 3 is 2.60 bits per heavy atom. The highest BCUT2D eigenvalue weighted by Gasteiger charge is 2.28. The van der Waals surface area contributed by atoms with Crippen LogP contribution in [0, 0.1) is 0 Å². The minimum absolute atomic E-state index is 0.0784. The number of ether oxygens (including phenoxy) is 1. The number of aliphatic hydroxyl groups is 1. The molecule has 5 heteroatoms. The van der Waals surface area contributed by atoms with Crippen LogP contribution in [0.25, 0.3) is 0 Å². The summed E-state index contributed by atoms with van der Waals surface area (Å²) in [5, 5.41) is 11.7. The van der Waals surface area contributed by atoms with E-state index >= 15 is 0 Å². The molecule has 0 radical (unpaired) electrons. The normalized spacial score (nSPS) is 24.1. The van der Waals surface area contributed by atoms with Gasteiger partial charge in [0.2, 0.25) is 5.91 Å². The molecule has 15 heavy (non-hydrogen) atoms. The van der Waals surface area contributed by atoms with Crippen LogP contribution in [-0.4, -0.2) is 35.7 Å². The van der Waals surface area contributed by atoms with Crippen LogP contribution >= 0.6 is 0 Å². The van der Waals surface area contributed by atoms with Crippen molar-refractivity contribution in [2.75, 3.05) is 6.61 Å². The molecule has 1 amide bonds. The van der Waals surface area contributed by atoms with Crippen molar-refractivity contribution in [3.05, 3.63) is 0 Å². The van der Waals surface area contributed by atoms with Gasteiger partial charge in [-0.3, -0.25) is 9.59 Å². The highest BCUT2D eigenvalue weighted by atomic mass is 16.5. The first-order valence-electron chi connectivity index (χ1n) is 5.25. The summed E-state index contributed by atoms with van der Waals surface area (Å²) in [6.07, 6.45) is 1.23. The fourth-order valence-electron chi connectivity index (χ4n) is 1.45. The second kappa shape index (κ2) is 5.70. The van der Waals surface area contributed by atoms with E-state index in [0.717, 1.165) is 0 Å². The lowest BCUT2D eigenvalue weighted by atomic mass is 9.89. The molecule has 0 atom stereocenters. The van der Waals surface area contributed by atoms with E-state index in [-0.39, 0.29) is 36.9 Å². The van der Waals surface area contributed by atoms with Crippen molar-refractivity contribution < 1.29 is 19.4 Å². The number of rotatable bonds is 5. The van der Waals surface area contributed by atoms with Gasteiger partial charge in [-0.25, -0.2) is 0 Å². The molecule has 1 aliphatic carbocycles. The third-order valence-corrected chi connectivity index (χ3v) is 2.34. The van der Waals surface area contributed by atoms with E-state index in [2.05, 4.69) is 5.32 Å². The van der Waals surface area contributed by atoms with E-state index in [9.17, 15) is 9.59 Å². The molecule has 0 aromatic heterocycles. The molecule has 5 nitrogen and oxygen atoms in total. The lowest BCUT2D eigenvalue weighted by molar-refractivity contribution is -0.144. The second-order valence-electron chi connectivity index (χ2n) is 3.69. The van der Waals surface area contributed by atoms with Crippen molar-refractivity contribution in [1.29, 1.82) is 0 Å². The molecule has 0 spiro atoms. The van der Waals surface area contributed by atoms with Crippen LogP contribution in [0.5, 0.6) is 0 Å². The standard InChI is InChI=1S/C10H17NO4/c1-2-15-10(14)4-3-9(13)11-7-5-8(12)6-7/h7-8,12H,2-6H2,1H3,(H,11,13). The van der Waals surface area contributed by atoms with Crippen LogP contribution < -0.4 is 5.32 Å². The number of hydrogen-bond acceptors (Lipinski definition) is 4. The van der Waals surface area contributed by atoms with Crippen LogP contribution in [0.4, 0.5) is 0 Å². The predicted octanol–water partition coefficient (Wildman–Crippen LogP) is -0.0308. The van der Waals surface area contributed by atoms with Gasteiger partial charge >= 0.3 is 5.97 Å². The fourth-order valence-corrected chi connectivity index (χ4v) is 1.45. The Morgan fingerprint density at radius 1 is 1.40 bits per heavy atom. The highest BCUT2D eigenvalue weighted by Crippen LogP contribution is 2.19. The molecule has 1 fully saturated rings. The molecule has 86 valence electrons. The average Bonchev–Trinajstić information content (AvgIpc) is 2.13. The lowest BCUT2D eigenvalue weighted by Gasteiger charge is -2.31. The molecule has 0 bridgehead atoms. The summed E-state index contributed by atoms with van der Waals surface area (Å²) in [4.78, 5) is 22.2. The Kier molecular flexibility index (Phi) is 4.55. The van der Waals surface area contributed by atoms with Gasteiger partial charge in [-0.05, 0) is 19.8 Å². The van der Waals surface area contributed by atoms with Crippen molar-refractivity contribution in [1.82, 2.24) is 5.32 Å². The van der Waals surface area contributed by atoms with Crippen LogP contribution in [0.1, 0.15) is 32.6 Å². The number of amides is 1. The smallest absolute Gasteiger partial charge is 0.306 e. The van der Waals surface area contributed by atoms with E-state index in [1.165, 1.54) is 0 Å². The largest absolute Gasteiger partial charge is 0.466 e. The first-order chi connectivity index (χ1) is 7.11. The zero-order valence-electron chi connectivity index (χ0n) is 8.86. The monoisotopic (exact) mass is 215 g/mol. The van der Waals surface area contributed by atoms with E-state index in [0.29, 0.717) is 19.4 Å². The van der Waals surface area contributed by atoms with Crippen molar-refractivity contribution >= 4 is 11.9 Å². The Bertz CT molecular complexity index is 236. The fraction of sp³-hybridized carbons (Fsp3) is 0.800. The highest BCUT2D eigenvalue weighted by molar-refractivity contribution is 5.81. The Hall–Kier alpha value is -1.10. The van der Waals surface area contributed by atoms with Crippen molar-refractivity contribution in [3.63, 3.8) is 0 Å². The zero-order valence-corrected chi connectivity index (χ0v) is 8.86. The van der Waals surface area contributed by atoms with Gasteiger partial charge in [0.25, 0.3) is 0 Å². The van der Waals surface area contributed by atoms with E-state index in [1.807, 2.05) is 0 Å². The molecule has 0 aliphatic heterocycles. The molecule has 0 saturated heterocycles. The minimum Gasteiger partial charge on any atom is -0.466 e. The third-order valence-electron chi connectivity index (χ3n) is 2.34. The summed E-state index contributed by atoms with van der Waals surface area (Å²) >= 11 is 0. The van der Waals surface area contributed by atoms with Crippen LogP contribution in [0.15, 0.2) is 0 Å². The summed E-state index contributed by atoms with van der Waals surface area (Å²) in [5.74, 6) is -0.499. The SMILES string of the molecule is CCOC(=O)CCC(=O)NC1CC(O)C1. The molecular formula is C10H17NO4. The van der Waals surface area contributed by atoms with Gasteiger partial charge in [0.05, 0.1) is 19.1 Å². The summed E-state index contributed by atoms with van der Waals surface area (Å²) < 4.78 is 4.70. The molecule has 1 saturated carbocycles. The number of carbonyl (C=O) groups is 2. The number of hydrogen-bond donors (Lipinski definition) is 2. The summed E-state index contributed by atoms with van der Waals surface area (Å²) in [5.41, 5.74) is 0.